The van der Waals surface area contributed by atoms with Gasteiger partial charge in [0.25, 0.3) is 0 Å². The lowest BCUT2D eigenvalue weighted by molar-refractivity contribution is -0.0169. The molecule has 0 bridgehead atoms. The van der Waals surface area contributed by atoms with E-state index in [0.717, 1.165) is 0 Å². The maximum atomic E-state index is 5.93. The maximum absolute atomic E-state index is 5.93. The molecule has 0 aromatic rings. The van der Waals surface area contributed by atoms with Crippen molar-refractivity contribution in [3.63, 3.8) is 0 Å². The van der Waals surface area contributed by atoms with Gasteiger partial charge in [-0.3, -0.25) is 0 Å². The second-order valence-electron chi connectivity index (χ2n) is 4.63. The van der Waals surface area contributed by atoms with Crippen LogP contribution >= 0.6 is 0 Å². The SMILES string of the molecule is CC1(C)CC(C)(C)C1N. The van der Waals surface area contributed by atoms with Crippen LogP contribution in [-0.4, -0.2) is 6.04 Å². The highest BCUT2D eigenvalue weighted by molar-refractivity contribution is 5.04. The van der Waals surface area contributed by atoms with Crippen molar-refractivity contribution < 1.29 is 0 Å². The van der Waals surface area contributed by atoms with E-state index in [-0.39, 0.29) is 0 Å². The molecular weight excluding hydrogens is 110 g/mol. The highest BCUT2D eigenvalue weighted by Crippen LogP contribution is 2.52. The molecule has 0 aliphatic heterocycles. The van der Waals surface area contributed by atoms with Gasteiger partial charge in [-0.1, -0.05) is 27.7 Å². The predicted octanol–water partition coefficient (Wildman–Crippen LogP) is 1.77. The van der Waals surface area contributed by atoms with Gasteiger partial charge in [0.2, 0.25) is 0 Å². The third kappa shape index (κ3) is 0.877. The molecule has 0 aromatic heterocycles. The first-order valence-corrected chi connectivity index (χ1v) is 3.62. The zero-order chi connectivity index (χ0) is 7.28. The molecule has 54 valence electrons. The first-order chi connectivity index (χ1) is 3.86. The number of hydrogen-bond acceptors (Lipinski definition) is 1. The zero-order valence-electron chi connectivity index (χ0n) is 6.86. The van der Waals surface area contributed by atoms with Crippen LogP contribution in [0.2, 0.25) is 0 Å². The molecule has 0 spiro atoms. The van der Waals surface area contributed by atoms with E-state index in [2.05, 4.69) is 27.7 Å². The van der Waals surface area contributed by atoms with E-state index in [1.54, 1.807) is 0 Å². The summed E-state index contributed by atoms with van der Waals surface area (Å²) in [6.07, 6.45) is 1.27. The van der Waals surface area contributed by atoms with Gasteiger partial charge in [-0.05, 0) is 17.3 Å². The maximum Gasteiger partial charge on any atom is 0.0142 e. The highest BCUT2D eigenvalue weighted by atomic mass is 14.8. The second-order valence-corrected chi connectivity index (χ2v) is 4.63. The van der Waals surface area contributed by atoms with Crippen LogP contribution in [0.3, 0.4) is 0 Å². The summed E-state index contributed by atoms with van der Waals surface area (Å²) in [4.78, 5) is 0. The molecule has 0 radical (unpaired) electrons. The molecule has 0 saturated heterocycles. The van der Waals surface area contributed by atoms with Crippen LogP contribution in [0.5, 0.6) is 0 Å². The third-order valence-electron chi connectivity index (χ3n) is 2.60. The molecule has 9 heavy (non-hydrogen) atoms. The van der Waals surface area contributed by atoms with Crippen LogP contribution in [0.25, 0.3) is 0 Å². The summed E-state index contributed by atoms with van der Waals surface area (Å²) in [7, 11) is 0. The van der Waals surface area contributed by atoms with Crippen molar-refractivity contribution in [2.45, 2.75) is 40.2 Å². The summed E-state index contributed by atoms with van der Waals surface area (Å²) in [5.74, 6) is 0. The van der Waals surface area contributed by atoms with Crippen molar-refractivity contribution in [2.75, 3.05) is 0 Å². The number of hydrogen-bond donors (Lipinski definition) is 1. The fourth-order valence-corrected chi connectivity index (χ4v) is 2.32. The van der Waals surface area contributed by atoms with E-state index in [9.17, 15) is 0 Å². The van der Waals surface area contributed by atoms with Crippen LogP contribution < -0.4 is 5.73 Å². The summed E-state index contributed by atoms with van der Waals surface area (Å²) in [6, 6.07) is 0.394. The van der Waals surface area contributed by atoms with E-state index in [0.29, 0.717) is 16.9 Å². The summed E-state index contributed by atoms with van der Waals surface area (Å²) in [5, 5.41) is 0. The molecule has 1 saturated carbocycles. The summed E-state index contributed by atoms with van der Waals surface area (Å²) in [6.45, 7) is 8.96. The minimum atomic E-state index is 0.392. The monoisotopic (exact) mass is 127 g/mol. The van der Waals surface area contributed by atoms with Gasteiger partial charge < -0.3 is 5.73 Å². The van der Waals surface area contributed by atoms with Crippen molar-refractivity contribution in [1.29, 1.82) is 0 Å². The van der Waals surface area contributed by atoms with E-state index in [1.807, 2.05) is 0 Å². The average molecular weight is 127 g/mol. The summed E-state index contributed by atoms with van der Waals surface area (Å²) >= 11 is 0. The van der Waals surface area contributed by atoms with E-state index in [1.165, 1.54) is 6.42 Å². The largest absolute Gasteiger partial charge is 0.327 e. The van der Waals surface area contributed by atoms with Gasteiger partial charge in [0.1, 0.15) is 0 Å². The smallest absolute Gasteiger partial charge is 0.0142 e. The Morgan fingerprint density at radius 1 is 1.11 bits per heavy atom. The van der Waals surface area contributed by atoms with Crippen molar-refractivity contribution >= 4 is 0 Å². The lowest BCUT2D eigenvalue weighted by atomic mass is 9.52. The minimum absolute atomic E-state index is 0.392. The molecule has 0 heterocycles. The molecular formula is C8H17N. The van der Waals surface area contributed by atoms with Gasteiger partial charge in [-0.25, -0.2) is 0 Å². The molecule has 1 fully saturated rings. The predicted molar refractivity (Wildman–Crippen MR) is 40.2 cm³/mol. The lowest BCUT2D eigenvalue weighted by Gasteiger charge is -2.55. The van der Waals surface area contributed by atoms with Crippen LogP contribution in [0.1, 0.15) is 34.1 Å². The molecule has 0 amide bonds. The summed E-state index contributed by atoms with van der Waals surface area (Å²) < 4.78 is 0. The number of rotatable bonds is 0. The first-order valence-electron chi connectivity index (χ1n) is 3.62. The molecule has 0 unspecified atom stereocenters. The van der Waals surface area contributed by atoms with Crippen LogP contribution in [0, 0.1) is 10.8 Å². The molecule has 1 aliphatic rings. The zero-order valence-corrected chi connectivity index (χ0v) is 6.86. The molecule has 1 aliphatic carbocycles. The van der Waals surface area contributed by atoms with E-state index in [4.69, 9.17) is 5.73 Å². The Labute approximate surface area is 57.6 Å². The van der Waals surface area contributed by atoms with Crippen LogP contribution in [-0.2, 0) is 0 Å². The van der Waals surface area contributed by atoms with Gasteiger partial charge >= 0.3 is 0 Å². The Hall–Kier alpha value is -0.0400. The lowest BCUT2D eigenvalue weighted by Crippen LogP contribution is -2.60. The van der Waals surface area contributed by atoms with Gasteiger partial charge in [-0.2, -0.15) is 0 Å². The standard InChI is InChI=1S/C8H17N/c1-7(2)5-8(3,4)6(7)9/h6H,5,9H2,1-4H3. The van der Waals surface area contributed by atoms with Crippen molar-refractivity contribution in [3.8, 4) is 0 Å². The fraction of sp³-hybridized carbons (Fsp3) is 1.00. The van der Waals surface area contributed by atoms with Gasteiger partial charge in [0.05, 0.1) is 0 Å². The number of nitrogens with two attached hydrogens (primary N) is 1. The summed E-state index contributed by atoms with van der Waals surface area (Å²) in [5.41, 5.74) is 6.72. The first kappa shape index (κ1) is 7.07. The Morgan fingerprint density at radius 3 is 1.44 bits per heavy atom. The van der Waals surface area contributed by atoms with Gasteiger partial charge in [0.15, 0.2) is 0 Å². The van der Waals surface area contributed by atoms with Crippen molar-refractivity contribution in [1.82, 2.24) is 0 Å². The molecule has 1 nitrogen and oxygen atoms in total. The van der Waals surface area contributed by atoms with Crippen LogP contribution in [0.4, 0.5) is 0 Å². The van der Waals surface area contributed by atoms with Gasteiger partial charge in [-0.15, -0.1) is 0 Å². The molecule has 1 heteroatoms. The third-order valence-corrected chi connectivity index (χ3v) is 2.60. The second kappa shape index (κ2) is 1.51. The minimum Gasteiger partial charge on any atom is -0.327 e. The molecule has 2 N–H and O–H groups in total. The Morgan fingerprint density at radius 2 is 1.44 bits per heavy atom. The van der Waals surface area contributed by atoms with Gasteiger partial charge in [0, 0.05) is 6.04 Å². The molecule has 0 aromatic carbocycles. The quantitative estimate of drug-likeness (QED) is 0.527. The van der Waals surface area contributed by atoms with E-state index < -0.39 is 0 Å². The topological polar surface area (TPSA) is 26.0 Å². The van der Waals surface area contributed by atoms with Crippen LogP contribution in [0.15, 0.2) is 0 Å². The molecule has 0 atom stereocenters. The molecule has 1 rings (SSSR count). The fourth-order valence-electron chi connectivity index (χ4n) is 2.32. The normalized spacial score (nSPS) is 31.7. The van der Waals surface area contributed by atoms with Crippen molar-refractivity contribution in [3.05, 3.63) is 0 Å². The highest BCUT2D eigenvalue weighted by Gasteiger charge is 2.50. The Kier molecular flexibility index (Phi) is 1.19. The Balaban J connectivity index is 2.62. The van der Waals surface area contributed by atoms with E-state index >= 15 is 0 Å². The Bertz CT molecular complexity index is 111. The average Bonchev–Trinajstić information content (AvgIpc) is 1.63. The van der Waals surface area contributed by atoms with Crippen molar-refractivity contribution in [2.24, 2.45) is 16.6 Å².